The molecule has 0 saturated heterocycles. The summed E-state index contributed by atoms with van der Waals surface area (Å²) in [4.78, 5) is 0. The third kappa shape index (κ3) is 3.36. The molecule has 2 heteroatoms. The van der Waals surface area contributed by atoms with Crippen molar-refractivity contribution in [2.24, 2.45) is 5.92 Å². The average molecular weight is 263 g/mol. The first-order chi connectivity index (χ1) is 9.03. The Kier molecular flexibility index (Phi) is 4.62. The van der Waals surface area contributed by atoms with Gasteiger partial charge in [0.1, 0.15) is 5.82 Å². The van der Waals surface area contributed by atoms with E-state index in [2.05, 4.69) is 26.1 Å². The predicted molar refractivity (Wildman–Crippen MR) is 78.8 cm³/mol. The zero-order chi connectivity index (χ0) is 13.9. The lowest BCUT2D eigenvalue weighted by atomic mass is 9.66. The fourth-order valence-corrected chi connectivity index (χ4v) is 3.15. The van der Waals surface area contributed by atoms with Gasteiger partial charge in [0, 0.05) is 18.0 Å². The molecule has 0 aliphatic heterocycles. The van der Waals surface area contributed by atoms with Gasteiger partial charge < -0.3 is 5.32 Å². The van der Waals surface area contributed by atoms with Crippen molar-refractivity contribution in [3.8, 4) is 0 Å². The van der Waals surface area contributed by atoms with Gasteiger partial charge in [-0.05, 0) is 43.2 Å². The lowest BCUT2D eigenvalue weighted by Crippen LogP contribution is -2.43. The van der Waals surface area contributed by atoms with Crippen molar-refractivity contribution in [2.45, 2.75) is 57.9 Å². The maximum absolute atomic E-state index is 14.2. The molecule has 1 aromatic carbocycles. The van der Waals surface area contributed by atoms with E-state index in [1.165, 1.54) is 12.8 Å². The predicted octanol–water partition coefficient (Wildman–Crippen LogP) is 4.27. The van der Waals surface area contributed by atoms with Crippen LogP contribution in [0.15, 0.2) is 24.3 Å². The van der Waals surface area contributed by atoms with E-state index >= 15 is 0 Å². The third-order valence-electron chi connectivity index (χ3n) is 4.53. The van der Waals surface area contributed by atoms with Gasteiger partial charge in [-0.1, -0.05) is 39.0 Å². The summed E-state index contributed by atoms with van der Waals surface area (Å²) < 4.78 is 14.2. The molecular weight excluding hydrogens is 237 g/mol. The summed E-state index contributed by atoms with van der Waals surface area (Å²) in [6.07, 6.45) is 4.59. The fraction of sp³-hybridized carbons (Fsp3) is 0.647. The molecule has 1 aliphatic carbocycles. The zero-order valence-corrected chi connectivity index (χ0v) is 12.4. The van der Waals surface area contributed by atoms with E-state index in [1.807, 2.05) is 12.1 Å². The van der Waals surface area contributed by atoms with E-state index < -0.39 is 0 Å². The van der Waals surface area contributed by atoms with Crippen molar-refractivity contribution in [1.29, 1.82) is 0 Å². The second-order valence-corrected chi connectivity index (χ2v) is 6.48. The molecule has 1 N–H and O–H groups in total. The highest BCUT2D eigenvalue weighted by atomic mass is 19.1. The topological polar surface area (TPSA) is 12.0 Å². The van der Waals surface area contributed by atoms with Gasteiger partial charge in [0.05, 0.1) is 0 Å². The largest absolute Gasteiger partial charge is 0.314 e. The van der Waals surface area contributed by atoms with Crippen LogP contribution in [0.25, 0.3) is 0 Å². The fourth-order valence-electron chi connectivity index (χ4n) is 3.15. The number of rotatable bonds is 4. The third-order valence-corrected chi connectivity index (χ3v) is 4.53. The standard InChI is InChI=1S/C17H26FN/c1-13(2)19-12-17(10-8-14(3)9-11-17)15-6-4-5-7-16(15)18/h4-7,13-14,19H,8-12H2,1-3H3. The molecule has 0 spiro atoms. The minimum absolute atomic E-state index is 0.0118. The van der Waals surface area contributed by atoms with Gasteiger partial charge in [-0.15, -0.1) is 0 Å². The Hall–Kier alpha value is -0.890. The van der Waals surface area contributed by atoms with Crippen LogP contribution < -0.4 is 5.32 Å². The smallest absolute Gasteiger partial charge is 0.127 e. The molecule has 0 atom stereocenters. The summed E-state index contributed by atoms with van der Waals surface area (Å²) >= 11 is 0. The quantitative estimate of drug-likeness (QED) is 0.855. The first-order valence-corrected chi connectivity index (χ1v) is 7.52. The second-order valence-electron chi connectivity index (χ2n) is 6.48. The van der Waals surface area contributed by atoms with E-state index in [0.717, 1.165) is 30.9 Å². The number of hydrogen-bond donors (Lipinski definition) is 1. The number of benzene rings is 1. The number of nitrogens with one attached hydrogen (secondary N) is 1. The second kappa shape index (κ2) is 6.04. The van der Waals surface area contributed by atoms with Crippen molar-refractivity contribution in [2.75, 3.05) is 6.54 Å². The van der Waals surface area contributed by atoms with E-state index in [4.69, 9.17) is 0 Å². The van der Waals surface area contributed by atoms with Gasteiger partial charge in [0.15, 0.2) is 0 Å². The van der Waals surface area contributed by atoms with Gasteiger partial charge in [-0.3, -0.25) is 0 Å². The minimum atomic E-state index is -0.0393. The minimum Gasteiger partial charge on any atom is -0.314 e. The average Bonchev–Trinajstić information content (AvgIpc) is 2.39. The molecule has 0 heterocycles. The van der Waals surface area contributed by atoms with Crippen LogP contribution >= 0.6 is 0 Å². The molecule has 1 nitrogen and oxygen atoms in total. The number of hydrogen-bond acceptors (Lipinski definition) is 1. The Balaban J connectivity index is 2.26. The van der Waals surface area contributed by atoms with Crippen LogP contribution in [0.2, 0.25) is 0 Å². The first-order valence-electron chi connectivity index (χ1n) is 7.52. The van der Waals surface area contributed by atoms with Crippen LogP contribution in [0.3, 0.4) is 0 Å². The van der Waals surface area contributed by atoms with Crippen LogP contribution in [-0.2, 0) is 5.41 Å². The van der Waals surface area contributed by atoms with Crippen LogP contribution in [0, 0.1) is 11.7 Å². The summed E-state index contributed by atoms with van der Waals surface area (Å²) in [6.45, 7) is 7.50. The molecule has 0 radical (unpaired) electrons. The van der Waals surface area contributed by atoms with Crippen molar-refractivity contribution in [1.82, 2.24) is 5.32 Å². The normalized spacial score (nSPS) is 27.7. The SMILES string of the molecule is CC1CCC(CNC(C)C)(c2ccccc2F)CC1. The molecule has 1 saturated carbocycles. The molecule has 19 heavy (non-hydrogen) atoms. The van der Waals surface area contributed by atoms with Crippen molar-refractivity contribution in [3.05, 3.63) is 35.6 Å². The monoisotopic (exact) mass is 263 g/mol. The molecule has 2 rings (SSSR count). The van der Waals surface area contributed by atoms with E-state index in [0.29, 0.717) is 6.04 Å². The maximum Gasteiger partial charge on any atom is 0.127 e. The Bertz CT molecular complexity index is 405. The maximum atomic E-state index is 14.2. The highest BCUT2D eigenvalue weighted by molar-refractivity contribution is 5.28. The summed E-state index contributed by atoms with van der Waals surface area (Å²) in [5, 5.41) is 3.53. The Morgan fingerprint density at radius 1 is 1.26 bits per heavy atom. The highest BCUT2D eigenvalue weighted by Gasteiger charge is 2.37. The van der Waals surface area contributed by atoms with Crippen LogP contribution in [-0.4, -0.2) is 12.6 Å². The molecule has 106 valence electrons. The zero-order valence-electron chi connectivity index (χ0n) is 12.4. The summed E-state index contributed by atoms with van der Waals surface area (Å²) in [7, 11) is 0. The van der Waals surface area contributed by atoms with Gasteiger partial charge in [0.2, 0.25) is 0 Å². The molecule has 0 bridgehead atoms. The van der Waals surface area contributed by atoms with E-state index in [1.54, 1.807) is 12.1 Å². The van der Waals surface area contributed by atoms with Crippen LogP contribution in [0.1, 0.15) is 52.0 Å². The van der Waals surface area contributed by atoms with Crippen molar-refractivity contribution in [3.63, 3.8) is 0 Å². The molecule has 1 aromatic rings. The van der Waals surface area contributed by atoms with Gasteiger partial charge in [-0.2, -0.15) is 0 Å². The van der Waals surface area contributed by atoms with Crippen LogP contribution in [0.5, 0.6) is 0 Å². The summed E-state index contributed by atoms with van der Waals surface area (Å²) in [5.74, 6) is 0.738. The van der Waals surface area contributed by atoms with Gasteiger partial charge in [-0.25, -0.2) is 4.39 Å². The lowest BCUT2D eigenvalue weighted by molar-refractivity contribution is 0.224. The molecule has 0 amide bonds. The van der Waals surface area contributed by atoms with E-state index in [-0.39, 0.29) is 11.2 Å². The Labute approximate surface area is 116 Å². The van der Waals surface area contributed by atoms with Gasteiger partial charge in [0.25, 0.3) is 0 Å². The van der Waals surface area contributed by atoms with Crippen LogP contribution in [0.4, 0.5) is 4.39 Å². The Morgan fingerprint density at radius 3 is 2.47 bits per heavy atom. The van der Waals surface area contributed by atoms with Gasteiger partial charge >= 0.3 is 0 Å². The van der Waals surface area contributed by atoms with E-state index in [9.17, 15) is 4.39 Å². The number of halogens is 1. The van der Waals surface area contributed by atoms with Crippen molar-refractivity contribution >= 4 is 0 Å². The summed E-state index contributed by atoms with van der Waals surface area (Å²) in [6, 6.07) is 7.78. The lowest BCUT2D eigenvalue weighted by Gasteiger charge is -2.41. The molecule has 0 unspecified atom stereocenters. The molecule has 1 aliphatic rings. The Morgan fingerprint density at radius 2 is 1.89 bits per heavy atom. The molecule has 1 fully saturated rings. The summed E-state index contributed by atoms with van der Waals surface area (Å²) in [5.41, 5.74) is 0.900. The van der Waals surface area contributed by atoms with Crippen molar-refractivity contribution < 1.29 is 4.39 Å². The first kappa shape index (κ1) is 14.5. The molecular formula is C17H26FN. The highest BCUT2D eigenvalue weighted by Crippen LogP contribution is 2.42. The molecule has 0 aromatic heterocycles.